The summed E-state index contributed by atoms with van der Waals surface area (Å²) in [4.78, 5) is 12.6. The monoisotopic (exact) mass is 872 g/mol. The van der Waals surface area contributed by atoms with E-state index in [1.807, 2.05) is 0 Å². The molecule has 0 aliphatic heterocycles. The molecule has 0 aliphatic rings. The lowest BCUT2D eigenvalue weighted by atomic mass is 10.00. The van der Waals surface area contributed by atoms with Crippen molar-refractivity contribution in [2.24, 2.45) is 0 Å². The van der Waals surface area contributed by atoms with Gasteiger partial charge in [0.15, 0.2) is 0 Å². The summed E-state index contributed by atoms with van der Waals surface area (Å²) in [6.45, 7) is 4.03. The van der Waals surface area contributed by atoms with Gasteiger partial charge in [-0.1, -0.05) is 236 Å². The van der Waals surface area contributed by atoms with E-state index in [0.717, 1.165) is 44.9 Å². The van der Waals surface area contributed by atoms with Crippen molar-refractivity contribution in [3.63, 3.8) is 0 Å². The third-order valence-corrected chi connectivity index (χ3v) is 12.5. The quantitative estimate of drug-likeness (QED) is 0.0309. The van der Waals surface area contributed by atoms with Gasteiger partial charge in [-0.05, 0) is 83.5 Å². The lowest BCUT2D eigenvalue weighted by Gasteiger charge is -2.27. The maximum absolute atomic E-state index is 12.6. The van der Waals surface area contributed by atoms with Gasteiger partial charge in [-0.15, -0.1) is 0 Å². The molecular formula is C56H105NO5. The number of aliphatic hydroxyl groups excluding tert-OH is 4. The van der Waals surface area contributed by atoms with Crippen molar-refractivity contribution < 1.29 is 25.2 Å². The number of carbonyl (C=O) groups is 1. The third-order valence-electron chi connectivity index (χ3n) is 12.5. The largest absolute Gasteiger partial charge is 0.394 e. The predicted molar refractivity (Wildman–Crippen MR) is 270 cm³/mol. The van der Waals surface area contributed by atoms with Crippen molar-refractivity contribution in [2.45, 2.75) is 295 Å². The third kappa shape index (κ3) is 43.5. The van der Waals surface area contributed by atoms with Gasteiger partial charge in [0.25, 0.3) is 0 Å². The second-order valence-electron chi connectivity index (χ2n) is 18.6. The van der Waals surface area contributed by atoms with Crippen LogP contribution in [0.25, 0.3) is 0 Å². The highest BCUT2D eigenvalue weighted by Crippen LogP contribution is 2.16. The Morgan fingerprint density at radius 2 is 0.726 bits per heavy atom. The van der Waals surface area contributed by atoms with E-state index in [4.69, 9.17) is 0 Å². The van der Waals surface area contributed by atoms with Crippen LogP contribution in [0, 0.1) is 0 Å². The Hall–Kier alpha value is -1.73. The summed E-state index contributed by atoms with van der Waals surface area (Å²) in [5.74, 6) is -0.597. The molecule has 0 radical (unpaired) electrons. The molecule has 5 N–H and O–H groups in total. The minimum atomic E-state index is -1.29. The zero-order chi connectivity index (χ0) is 45.2. The Morgan fingerprint density at radius 3 is 1.11 bits per heavy atom. The van der Waals surface area contributed by atoms with Gasteiger partial charge in [0.1, 0.15) is 12.2 Å². The van der Waals surface area contributed by atoms with Gasteiger partial charge in [0.2, 0.25) is 5.91 Å². The van der Waals surface area contributed by atoms with Crippen LogP contribution in [0.3, 0.4) is 0 Å². The van der Waals surface area contributed by atoms with E-state index >= 15 is 0 Å². The highest BCUT2D eigenvalue weighted by molar-refractivity contribution is 5.80. The highest BCUT2D eigenvalue weighted by atomic mass is 16.3. The lowest BCUT2D eigenvalue weighted by Crippen LogP contribution is -2.53. The minimum Gasteiger partial charge on any atom is -0.394 e. The van der Waals surface area contributed by atoms with E-state index in [0.29, 0.717) is 19.3 Å². The van der Waals surface area contributed by atoms with Crippen molar-refractivity contribution >= 4 is 5.91 Å². The molecule has 1 amide bonds. The van der Waals surface area contributed by atoms with Gasteiger partial charge in [-0.2, -0.15) is 0 Å². The second kappa shape index (κ2) is 50.3. The summed E-state index contributed by atoms with van der Waals surface area (Å²) in [5, 5.41) is 43.8. The number of unbranched alkanes of at least 4 members (excludes halogenated alkanes) is 32. The van der Waals surface area contributed by atoms with Crippen LogP contribution < -0.4 is 5.32 Å². The Labute approximate surface area is 385 Å². The molecule has 0 bridgehead atoms. The zero-order valence-electron chi connectivity index (χ0n) is 41.1. The topological polar surface area (TPSA) is 110 Å². The van der Waals surface area contributed by atoms with Gasteiger partial charge >= 0.3 is 0 Å². The molecule has 0 fully saturated rings. The van der Waals surface area contributed by atoms with Gasteiger partial charge in [0.05, 0.1) is 18.8 Å². The summed E-state index contributed by atoms with van der Waals surface area (Å²) in [7, 11) is 0. The van der Waals surface area contributed by atoms with Crippen molar-refractivity contribution in [2.75, 3.05) is 6.61 Å². The fourth-order valence-corrected chi connectivity index (χ4v) is 8.22. The normalized spacial score (nSPS) is 14.2. The van der Waals surface area contributed by atoms with Crippen LogP contribution in [-0.4, -0.2) is 57.3 Å². The molecule has 0 spiro atoms. The molecule has 62 heavy (non-hydrogen) atoms. The van der Waals surface area contributed by atoms with Gasteiger partial charge in [-0.3, -0.25) is 4.79 Å². The van der Waals surface area contributed by atoms with Crippen molar-refractivity contribution in [3.8, 4) is 0 Å². The van der Waals surface area contributed by atoms with Crippen LogP contribution in [-0.2, 0) is 4.79 Å². The number of aliphatic hydroxyl groups is 4. The maximum atomic E-state index is 12.6. The van der Waals surface area contributed by atoms with Crippen LogP contribution >= 0.6 is 0 Å². The number of nitrogens with one attached hydrogen (secondary N) is 1. The zero-order valence-corrected chi connectivity index (χ0v) is 41.1. The molecule has 0 heterocycles. The molecule has 4 atom stereocenters. The number of carbonyl (C=O) groups excluding carboxylic acids is 1. The predicted octanol–water partition coefficient (Wildman–Crippen LogP) is 15.4. The average Bonchev–Trinajstić information content (AvgIpc) is 3.28. The molecule has 0 aromatic rings. The fourth-order valence-electron chi connectivity index (χ4n) is 8.22. The van der Waals surface area contributed by atoms with Crippen LogP contribution in [0.15, 0.2) is 48.6 Å². The number of allylic oxidation sites excluding steroid dienone is 8. The van der Waals surface area contributed by atoms with E-state index in [1.54, 1.807) is 0 Å². The van der Waals surface area contributed by atoms with Gasteiger partial charge in [-0.25, -0.2) is 0 Å². The summed E-state index contributed by atoms with van der Waals surface area (Å²) < 4.78 is 0. The maximum Gasteiger partial charge on any atom is 0.249 e. The van der Waals surface area contributed by atoms with Crippen molar-refractivity contribution in [1.29, 1.82) is 0 Å². The lowest BCUT2D eigenvalue weighted by molar-refractivity contribution is -0.132. The minimum absolute atomic E-state index is 0.360. The van der Waals surface area contributed by atoms with E-state index in [-0.39, 0.29) is 0 Å². The number of amides is 1. The molecule has 0 saturated heterocycles. The summed E-state index contributed by atoms with van der Waals surface area (Å²) in [6.07, 6.45) is 63.2. The van der Waals surface area contributed by atoms with E-state index in [2.05, 4.69) is 67.8 Å². The molecule has 0 aliphatic carbocycles. The molecule has 0 saturated carbocycles. The highest BCUT2D eigenvalue weighted by Gasteiger charge is 2.28. The first-order chi connectivity index (χ1) is 30.5. The van der Waals surface area contributed by atoms with E-state index in [9.17, 15) is 25.2 Å². The summed E-state index contributed by atoms with van der Waals surface area (Å²) in [5.41, 5.74) is 0. The number of rotatable bonds is 49. The first kappa shape index (κ1) is 60.3. The van der Waals surface area contributed by atoms with E-state index < -0.39 is 36.9 Å². The molecule has 4 unspecified atom stereocenters. The average molecular weight is 872 g/mol. The van der Waals surface area contributed by atoms with Crippen molar-refractivity contribution in [1.82, 2.24) is 5.32 Å². The van der Waals surface area contributed by atoms with Gasteiger partial charge in [0, 0.05) is 0 Å². The first-order valence-electron chi connectivity index (χ1n) is 27.0. The van der Waals surface area contributed by atoms with Crippen LogP contribution in [0.4, 0.5) is 0 Å². The SMILES string of the molecule is CCCCCCC/C=C/CC/C=C/CCCC(O)C(O)C(CO)NC(=O)C(O)CCCCCCCCCCCCCCCCCC/C=C\C/C=C\CCCCCCCCCCC. The second-order valence-corrected chi connectivity index (χ2v) is 18.6. The fraction of sp³-hybridized carbons (Fsp3) is 0.839. The van der Waals surface area contributed by atoms with Crippen LogP contribution in [0.5, 0.6) is 0 Å². The molecule has 0 aromatic heterocycles. The van der Waals surface area contributed by atoms with Crippen LogP contribution in [0.2, 0.25) is 0 Å². The van der Waals surface area contributed by atoms with E-state index in [1.165, 1.54) is 193 Å². The molecule has 6 heteroatoms. The first-order valence-corrected chi connectivity index (χ1v) is 27.0. The molecule has 0 aromatic carbocycles. The summed E-state index contributed by atoms with van der Waals surface area (Å²) in [6, 6.07) is -1.01. The van der Waals surface area contributed by atoms with Crippen LogP contribution in [0.1, 0.15) is 271 Å². The molecule has 6 nitrogen and oxygen atoms in total. The standard InChI is InChI=1S/C56H105NO5/c1-3-5-7-9-11-13-15-17-19-20-21-22-23-24-25-26-27-28-29-30-31-32-33-34-35-36-38-40-42-44-46-48-50-54(60)56(62)57-52(51-58)55(61)53(59)49-47-45-43-41-39-37-18-16-14-12-10-8-6-4-2/h16,18,21-22,24-25,41,43,52-55,58-61H,3-15,17,19-20,23,26-40,42,44-51H2,1-2H3,(H,57,62)/b18-16+,22-21-,25-24-,43-41+. The van der Waals surface area contributed by atoms with Gasteiger partial charge < -0.3 is 25.7 Å². The summed E-state index contributed by atoms with van der Waals surface area (Å²) >= 11 is 0. The number of hydrogen-bond donors (Lipinski definition) is 5. The Kier molecular flexibility index (Phi) is 48.9. The molecule has 364 valence electrons. The smallest absolute Gasteiger partial charge is 0.249 e. The molecular weight excluding hydrogens is 767 g/mol. The Bertz CT molecular complexity index is 1020. The Morgan fingerprint density at radius 1 is 0.403 bits per heavy atom. The number of hydrogen-bond acceptors (Lipinski definition) is 5. The Balaban J connectivity index is 3.62. The molecule has 0 rings (SSSR count). The van der Waals surface area contributed by atoms with Crippen molar-refractivity contribution in [3.05, 3.63) is 48.6 Å².